The van der Waals surface area contributed by atoms with Crippen molar-refractivity contribution >= 4 is 11.8 Å². The second-order valence-corrected chi connectivity index (χ2v) is 6.69. The lowest BCUT2D eigenvalue weighted by atomic mass is 9.79. The van der Waals surface area contributed by atoms with Crippen LogP contribution in [0.3, 0.4) is 0 Å². The first-order valence-corrected chi connectivity index (χ1v) is 8.39. The molecule has 2 fully saturated rings. The molecule has 0 aromatic rings. The fourth-order valence-corrected chi connectivity index (χ4v) is 3.94. The zero-order chi connectivity index (χ0) is 12.8. The van der Waals surface area contributed by atoms with Crippen molar-refractivity contribution in [1.29, 1.82) is 0 Å². The molecule has 0 aromatic heterocycles. The van der Waals surface area contributed by atoms with E-state index in [0.717, 1.165) is 57.0 Å². The fraction of sp³-hybridized carbons (Fsp3) is 1.00. The standard InChI is InChI=1S/C14H26O3S/c1-2-9-18-11-13(15)12-3-6-17-14(10-12)4-7-16-8-5-14/h12-13,15H,2-11H2,1H3. The predicted molar refractivity (Wildman–Crippen MR) is 75.1 cm³/mol. The molecule has 0 amide bonds. The van der Waals surface area contributed by atoms with Crippen LogP contribution in [0.2, 0.25) is 0 Å². The summed E-state index contributed by atoms with van der Waals surface area (Å²) in [6, 6.07) is 0. The molecule has 2 aliphatic heterocycles. The van der Waals surface area contributed by atoms with Crippen molar-refractivity contribution in [1.82, 2.24) is 0 Å². The van der Waals surface area contributed by atoms with Gasteiger partial charge in [-0.05, 0) is 43.8 Å². The molecule has 0 saturated carbocycles. The number of aliphatic hydroxyl groups is 1. The Morgan fingerprint density at radius 2 is 2.11 bits per heavy atom. The van der Waals surface area contributed by atoms with E-state index in [2.05, 4.69) is 6.92 Å². The Bertz CT molecular complexity index is 236. The highest BCUT2D eigenvalue weighted by molar-refractivity contribution is 7.99. The Labute approximate surface area is 115 Å². The van der Waals surface area contributed by atoms with Gasteiger partial charge in [0.05, 0.1) is 11.7 Å². The molecule has 3 nitrogen and oxygen atoms in total. The van der Waals surface area contributed by atoms with Crippen LogP contribution in [0.25, 0.3) is 0 Å². The lowest BCUT2D eigenvalue weighted by Gasteiger charge is -2.44. The minimum Gasteiger partial charge on any atom is -0.392 e. The van der Waals surface area contributed by atoms with Crippen LogP contribution in [0, 0.1) is 5.92 Å². The quantitative estimate of drug-likeness (QED) is 0.782. The average Bonchev–Trinajstić information content (AvgIpc) is 2.40. The van der Waals surface area contributed by atoms with Crippen LogP contribution in [-0.4, -0.2) is 48.1 Å². The summed E-state index contributed by atoms with van der Waals surface area (Å²) in [6.07, 6.45) is 5.05. The number of hydrogen-bond donors (Lipinski definition) is 1. The molecule has 2 saturated heterocycles. The third-order valence-corrected chi connectivity index (χ3v) is 5.39. The highest BCUT2D eigenvalue weighted by atomic mass is 32.2. The van der Waals surface area contributed by atoms with Crippen LogP contribution >= 0.6 is 11.8 Å². The highest BCUT2D eigenvalue weighted by Gasteiger charge is 2.40. The zero-order valence-corrected chi connectivity index (χ0v) is 12.2. The Morgan fingerprint density at radius 3 is 2.83 bits per heavy atom. The van der Waals surface area contributed by atoms with Gasteiger partial charge in [0.2, 0.25) is 0 Å². The van der Waals surface area contributed by atoms with Crippen molar-refractivity contribution in [2.45, 2.75) is 50.7 Å². The maximum Gasteiger partial charge on any atom is 0.0730 e. The molecule has 0 aromatic carbocycles. The molecule has 2 atom stereocenters. The maximum atomic E-state index is 10.3. The molecule has 0 bridgehead atoms. The van der Waals surface area contributed by atoms with Crippen molar-refractivity contribution in [3.8, 4) is 0 Å². The molecule has 2 aliphatic rings. The van der Waals surface area contributed by atoms with E-state index < -0.39 is 0 Å². The first-order valence-electron chi connectivity index (χ1n) is 7.23. The first kappa shape index (κ1) is 14.6. The largest absolute Gasteiger partial charge is 0.392 e. The molecule has 4 heteroatoms. The van der Waals surface area contributed by atoms with Crippen molar-refractivity contribution in [2.24, 2.45) is 5.92 Å². The summed E-state index contributed by atoms with van der Waals surface area (Å²) in [5.41, 5.74) is 0.0115. The van der Waals surface area contributed by atoms with Crippen LogP contribution in [0.4, 0.5) is 0 Å². The van der Waals surface area contributed by atoms with E-state index in [-0.39, 0.29) is 11.7 Å². The molecular weight excluding hydrogens is 248 g/mol. The second-order valence-electron chi connectivity index (χ2n) is 5.54. The van der Waals surface area contributed by atoms with Crippen molar-refractivity contribution < 1.29 is 14.6 Å². The third kappa shape index (κ3) is 3.86. The Hall–Kier alpha value is 0.230. The summed E-state index contributed by atoms with van der Waals surface area (Å²) in [5.74, 6) is 2.45. The SMILES string of the molecule is CCCSCC(O)C1CCOC2(CCOCC2)C1. The molecule has 1 spiro atoms. The van der Waals surface area contributed by atoms with Crippen LogP contribution < -0.4 is 0 Å². The van der Waals surface area contributed by atoms with Crippen LogP contribution in [0.1, 0.15) is 39.0 Å². The summed E-state index contributed by atoms with van der Waals surface area (Å²) < 4.78 is 11.4. The van der Waals surface area contributed by atoms with E-state index in [1.165, 1.54) is 6.42 Å². The molecule has 2 unspecified atom stereocenters. The van der Waals surface area contributed by atoms with Gasteiger partial charge in [0.1, 0.15) is 0 Å². The third-order valence-electron chi connectivity index (χ3n) is 4.12. The predicted octanol–water partition coefficient (Wildman–Crippen LogP) is 2.47. The van der Waals surface area contributed by atoms with Crippen molar-refractivity contribution in [3.63, 3.8) is 0 Å². The van der Waals surface area contributed by atoms with Crippen LogP contribution in [-0.2, 0) is 9.47 Å². The van der Waals surface area contributed by atoms with Crippen molar-refractivity contribution in [3.05, 3.63) is 0 Å². The van der Waals surface area contributed by atoms with Gasteiger partial charge in [0.15, 0.2) is 0 Å². The Balaban J connectivity index is 1.81. The van der Waals surface area contributed by atoms with E-state index in [1.54, 1.807) is 0 Å². The Kier molecular flexibility index (Phi) is 5.80. The molecule has 2 rings (SSSR count). The van der Waals surface area contributed by atoms with Gasteiger partial charge in [-0.3, -0.25) is 0 Å². The monoisotopic (exact) mass is 274 g/mol. The van der Waals surface area contributed by atoms with Gasteiger partial charge in [0, 0.05) is 25.6 Å². The lowest BCUT2D eigenvalue weighted by Crippen LogP contribution is -2.47. The van der Waals surface area contributed by atoms with E-state index in [1.807, 2.05) is 11.8 Å². The maximum absolute atomic E-state index is 10.3. The first-order chi connectivity index (χ1) is 8.76. The van der Waals surface area contributed by atoms with Gasteiger partial charge in [-0.1, -0.05) is 6.92 Å². The number of thioether (sulfide) groups is 1. The fourth-order valence-electron chi connectivity index (χ4n) is 2.97. The molecular formula is C14H26O3S. The Morgan fingerprint density at radius 1 is 1.33 bits per heavy atom. The van der Waals surface area contributed by atoms with Crippen LogP contribution in [0.15, 0.2) is 0 Å². The summed E-state index contributed by atoms with van der Waals surface area (Å²) in [6.45, 7) is 4.62. The van der Waals surface area contributed by atoms with E-state index in [9.17, 15) is 5.11 Å². The summed E-state index contributed by atoms with van der Waals surface area (Å²) >= 11 is 1.87. The summed E-state index contributed by atoms with van der Waals surface area (Å²) in [4.78, 5) is 0. The lowest BCUT2D eigenvalue weighted by molar-refractivity contribution is -0.156. The van der Waals surface area contributed by atoms with E-state index in [0.29, 0.717) is 5.92 Å². The molecule has 106 valence electrons. The topological polar surface area (TPSA) is 38.7 Å². The number of aliphatic hydroxyl groups excluding tert-OH is 1. The second kappa shape index (κ2) is 7.13. The van der Waals surface area contributed by atoms with Gasteiger partial charge in [-0.2, -0.15) is 11.8 Å². The van der Waals surface area contributed by atoms with Gasteiger partial charge < -0.3 is 14.6 Å². The smallest absolute Gasteiger partial charge is 0.0730 e. The van der Waals surface area contributed by atoms with Gasteiger partial charge in [0.25, 0.3) is 0 Å². The van der Waals surface area contributed by atoms with Gasteiger partial charge in [-0.25, -0.2) is 0 Å². The normalized spacial score (nSPS) is 29.3. The molecule has 18 heavy (non-hydrogen) atoms. The summed E-state index contributed by atoms with van der Waals surface area (Å²) in [7, 11) is 0. The molecule has 1 N–H and O–H groups in total. The van der Waals surface area contributed by atoms with E-state index in [4.69, 9.17) is 9.47 Å². The van der Waals surface area contributed by atoms with E-state index >= 15 is 0 Å². The summed E-state index contributed by atoms with van der Waals surface area (Å²) in [5, 5.41) is 10.3. The average molecular weight is 274 g/mol. The highest BCUT2D eigenvalue weighted by Crippen LogP contribution is 2.38. The molecule has 0 radical (unpaired) electrons. The van der Waals surface area contributed by atoms with Crippen LogP contribution in [0.5, 0.6) is 0 Å². The minimum atomic E-state index is -0.162. The zero-order valence-electron chi connectivity index (χ0n) is 11.4. The molecule has 2 heterocycles. The number of ether oxygens (including phenoxy) is 2. The molecule has 0 aliphatic carbocycles. The minimum absolute atomic E-state index is 0.0115. The van der Waals surface area contributed by atoms with Crippen molar-refractivity contribution in [2.75, 3.05) is 31.3 Å². The number of hydrogen-bond acceptors (Lipinski definition) is 4. The van der Waals surface area contributed by atoms with Gasteiger partial charge in [-0.15, -0.1) is 0 Å². The number of rotatable bonds is 5. The van der Waals surface area contributed by atoms with Gasteiger partial charge >= 0.3 is 0 Å².